The van der Waals surface area contributed by atoms with Crippen LogP contribution in [0, 0.1) is 0 Å². The molecule has 11 nitrogen and oxygen atoms in total. The van der Waals surface area contributed by atoms with Crippen LogP contribution in [-0.2, 0) is 19.6 Å². The number of hydrogen-bond donors (Lipinski definition) is 1. The SMILES string of the molecule is C[C@@H]1Cn2c(c(C(=O)NCc3ccccc3-c3ccncn3)n(-c3ccc(-n4cccn4)cc3)c2=O)CN1C(=O)c1ccc(Br)c(Cl)c1. The smallest absolute Gasteiger partial charge is 0.333 e. The first kappa shape index (κ1) is 31.3. The van der Waals surface area contributed by atoms with Gasteiger partial charge >= 0.3 is 5.69 Å². The van der Waals surface area contributed by atoms with E-state index in [1.807, 2.05) is 55.6 Å². The number of aromatic nitrogens is 6. The maximum absolute atomic E-state index is 14.3. The standard InChI is InChI=1S/C35H28BrClN8O3/c1-22-19-43-31(20-42(22)34(47)23-7-12-28(36)29(37)17-23)32(45(35(43)48)26-10-8-25(9-11-26)44-16-4-14-41-44)33(46)39-18-24-5-2-3-6-27(24)30-13-15-38-21-40-30/h2-17,21-22H,18-20H2,1H3,(H,39,46)/t22-/m1/s1. The molecule has 1 atom stereocenters. The predicted molar refractivity (Wildman–Crippen MR) is 184 cm³/mol. The van der Waals surface area contributed by atoms with Gasteiger partial charge in [-0.15, -0.1) is 0 Å². The van der Waals surface area contributed by atoms with Gasteiger partial charge in [-0.1, -0.05) is 35.9 Å². The van der Waals surface area contributed by atoms with E-state index in [2.05, 4.69) is 36.3 Å². The summed E-state index contributed by atoms with van der Waals surface area (Å²) in [4.78, 5) is 52.2. The number of amides is 2. The first-order chi connectivity index (χ1) is 23.3. The normalized spacial score (nSPS) is 14.1. The molecule has 0 bridgehead atoms. The number of nitrogens with zero attached hydrogens (tertiary/aromatic N) is 7. The second kappa shape index (κ2) is 13.1. The second-order valence-corrected chi connectivity index (χ2v) is 12.6. The molecule has 0 saturated carbocycles. The van der Waals surface area contributed by atoms with Crippen molar-refractivity contribution in [3.8, 4) is 22.6 Å². The Morgan fingerprint density at radius 1 is 1.00 bits per heavy atom. The van der Waals surface area contributed by atoms with Crippen molar-refractivity contribution in [3.63, 3.8) is 0 Å². The summed E-state index contributed by atoms with van der Waals surface area (Å²) in [5.74, 6) is -0.708. The van der Waals surface area contributed by atoms with Crippen molar-refractivity contribution in [3.05, 3.63) is 146 Å². The Kier molecular flexibility index (Phi) is 8.50. The van der Waals surface area contributed by atoms with Crippen LogP contribution in [0.4, 0.5) is 0 Å². The van der Waals surface area contributed by atoms with Gasteiger partial charge in [0.05, 0.1) is 34.3 Å². The third-order valence-corrected chi connectivity index (χ3v) is 9.61. The van der Waals surface area contributed by atoms with Gasteiger partial charge in [0.2, 0.25) is 0 Å². The third kappa shape index (κ3) is 5.84. The highest BCUT2D eigenvalue weighted by atomic mass is 79.9. The molecule has 1 aliphatic heterocycles. The monoisotopic (exact) mass is 722 g/mol. The molecule has 0 unspecified atom stereocenters. The van der Waals surface area contributed by atoms with Gasteiger partial charge in [-0.25, -0.2) is 19.4 Å². The third-order valence-electron chi connectivity index (χ3n) is 8.38. The summed E-state index contributed by atoms with van der Waals surface area (Å²) in [5, 5.41) is 7.73. The Morgan fingerprint density at radius 2 is 1.79 bits per heavy atom. The second-order valence-electron chi connectivity index (χ2n) is 11.3. The van der Waals surface area contributed by atoms with Crippen molar-refractivity contribution < 1.29 is 9.59 Å². The summed E-state index contributed by atoms with van der Waals surface area (Å²) < 4.78 is 5.40. The Hall–Kier alpha value is -5.33. The van der Waals surface area contributed by atoms with E-state index in [1.54, 1.807) is 62.9 Å². The summed E-state index contributed by atoms with van der Waals surface area (Å²) in [6.45, 7) is 2.31. The first-order valence-electron chi connectivity index (χ1n) is 15.1. The Balaban J connectivity index is 1.28. The van der Waals surface area contributed by atoms with Gasteiger partial charge < -0.3 is 10.2 Å². The molecule has 0 saturated heterocycles. The fourth-order valence-electron chi connectivity index (χ4n) is 5.97. The molecule has 3 aromatic carbocycles. The van der Waals surface area contributed by atoms with Crippen molar-refractivity contribution in [2.24, 2.45) is 0 Å². The zero-order chi connectivity index (χ0) is 33.4. The van der Waals surface area contributed by atoms with E-state index in [0.29, 0.717) is 26.4 Å². The van der Waals surface area contributed by atoms with Gasteiger partial charge in [-0.3, -0.25) is 18.7 Å². The molecule has 0 spiro atoms. The minimum atomic E-state index is -0.455. The van der Waals surface area contributed by atoms with Crippen LogP contribution in [0.2, 0.25) is 5.02 Å². The number of imidazole rings is 1. The van der Waals surface area contributed by atoms with Gasteiger partial charge in [-0.2, -0.15) is 5.10 Å². The topological polar surface area (TPSA) is 120 Å². The summed E-state index contributed by atoms with van der Waals surface area (Å²) in [7, 11) is 0. The van der Waals surface area contributed by atoms with Crippen molar-refractivity contribution in [2.45, 2.75) is 32.6 Å². The molecule has 7 rings (SSSR count). The largest absolute Gasteiger partial charge is 0.347 e. The number of carbonyl (C=O) groups excluding carboxylic acids is 2. The van der Waals surface area contributed by atoms with Crippen molar-refractivity contribution in [1.82, 2.24) is 39.1 Å². The average molecular weight is 724 g/mol. The number of nitrogens with one attached hydrogen (secondary N) is 1. The molecule has 13 heteroatoms. The number of halogens is 2. The van der Waals surface area contributed by atoms with E-state index < -0.39 is 5.91 Å². The molecule has 4 heterocycles. The van der Waals surface area contributed by atoms with Gasteiger partial charge in [0.15, 0.2) is 0 Å². The van der Waals surface area contributed by atoms with Gasteiger partial charge in [-0.05, 0) is 83.0 Å². The highest BCUT2D eigenvalue weighted by Crippen LogP contribution is 2.28. The summed E-state index contributed by atoms with van der Waals surface area (Å²) in [5.41, 5.74) is 4.36. The molecule has 6 aromatic rings. The summed E-state index contributed by atoms with van der Waals surface area (Å²) >= 11 is 9.70. The zero-order valence-electron chi connectivity index (χ0n) is 25.6. The lowest BCUT2D eigenvalue weighted by molar-refractivity contribution is 0.0610. The minimum Gasteiger partial charge on any atom is -0.347 e. The molecule has 0 fully saturated rings. The van der Waals surface area contributed by atoms with E-state index in [0.717, 1.165) is 22.5 Å². The number of benzene rings is 3. The molecule has 1 N–H and O–H groups in total. The Labute approximate surface area is 288 Å². The van der Waals surface area contributed by atoms with E-state index in [4.69, 9.17) is 11.6 Å². The summed E-state index contributed by atoms with van der Waals surface area (Å²) in [6.07, 6.45) is 6.65. The molecule has 0 aliphatic carbocycles. The van der Waals surface area contributed by atoms with Crippen LogP contribution in [-0.4, -0.2) is 51.6 Å². The molecule has 2 amide bonds. The lowest BCUT2D eigenvalue weighted by Crippen LogP contribution is -2.47. The average Bonchev–Trinajstić information content (AvgIpc) is 3.75. The predicted octanol–water partition coefficient (Wildman–Crippen LogP) is 5.67. The molecular formula is C35H28BrClN8O3. The minimum absolute atomic E-state index is 0.0432. The number of hydrogen-bond acceptors (Lipinski definition) is 6. The first-order valence-corrected chi connectivity index (χ1v) is 16.3. The van der Waals surface area contributed by atoms with Crippen molar-refractivity contribution in [1.29, 1.82) is 0 Å². The lowest BCUT2D eigenvalue weighted by Gasteiger charge is -2.34. The van der Waals surface area contributed by atoms with Crippen LogP contribution in [0.1, 0.15) is 39.0 Å². The molecule has 1 aliphatic rings. The quantitative estimate of drug-likeness (QED) is 0.227. The van der Waals surface area contributed by atoms with Crippen LogP contribution >= 0.6 is 27.5 Å². The van der Waals surface area contributed by atoms with Crippen molar-refractivity contribution >= 4 is 39.3 Å². The highest BCUT2D eigenvalue weighted by Gasteiger charge is 2.35. The highest BCUT2D eigenvalue weighted by molar-refractivity contribution is 9.10. The fraction of sp³-hybridized carbons (Fsp3) is 0.143. The zero-order valence-corrected chi connectivity index (χ0v) is 28.0. The van der Waals surface area contributed by atoms with Crippen LogP contribution in [0.3, 0.4) is 0 Å². The van der Waals surface area contributed by atoms with Gasteiger partial charge in [0.25, 0.3) is 11.8 Å². The van der Waals surface area contributed by atoms with E-state index in [-0.39, 0.29) is 43.0 Å². The van der Waals surface area contributed by atoms with E-state index in [1.165, 1.54) is 10.9 Å². The maximum Gasteiger partial charge on any atom is 0.333 e. The Bertz CT molecular complexity index is 2200. The van der Waals surface area contributed by atoms with Gasteiger partial charge in [0.1, 0.15) is 12.0 Å². The number of carbonyl (C=O) groups is 2. The molecule has 0 radical (unpaired) electrons. The van der Waals surface area contributed by atoms with Crippen molar-refractivity contribution in [2.75, 3.05) is 0 Å². The summed E-state index contributed by atoms with van der Waals surface area (Å²) in [6, 6.07) is 23.2. The van der Waals surface area contributed by atoms with Gasteiger partial charge in [0, 0.05) is 53.3 Å². The molecule has 240 valence electrons. The maximum atomic E-state index is 14.3. The van der Waals surface area contributed by atoms with Crippen LogP contribution < -0.4 is 11.0 Å². The molecule has 3 aromatic heterocycles. The van der Waals surface area contributed by atoms with E-state index >= 15 is 0 Å². The van der Waals surface area contributed by atoms with Crippen LogP contribution in [0.25, 0.3) is 22.6 Å². The Morgan fingerprint density at radius 3 is 2.52 bits per heavy atom. The van der Waals surface area contributed by atoms with E-state index in [9.17, 15) is 14.4 Å². The molecular weight excluding hydrogens is 696 g/mol. The van der Waals surface area contributed by atoms with Crippen LogP contribution in [0.5, 0.6) is 0 Å². The lowest BCUT2D eigenvalue weighted by atomic mass is 10.0. The van der Waals surface area contributed by atoms with Crippen LogP contribution in [0.15, 0.2) is 113 Å². The molecule has 48 heavy (non-hydrogen) atoms. The number of fused-ring (bicyclic) bond motifs is 1. The fourth-order valence-corrected chi connectivity index (χ4v) is 6.39. The number of rotatable bonds is 7.